The van der Waals surface area contributed by atoms with E-state index in [1.807, 2.05) is 19.6 Å². The minimum absolute atomic E-state index is 0.155. The number of alkyl halides is 3. The van der Waals surface area contributed by atoms with Gasteiger partial charge in [-0.05, 0) is 51.1 Å². The molecule has 0 bridgehead atoms. The number of hydrogen-bond donors (Lipinski definition) is 1. The fraction of sp³-hybridized carbons (Fsp3) is 0.833. The molecular formula is C24H53F3O11Si6. The molecule has 1 N–H and O–H groups in total. The van der Waals surface area contributed by atoms with E-state index in [0.29, 0.717) is 41.2 Å². The van der Waals surface area contributed by atoms with Crippen LogP contribution < -0.4 is 0 Å². The molecule has 0 saturated carbocycles. The van der Waals surface area contributed by atoms with Crippen LogP contribution in [-0.2, 0) is 43.9 Å². The highest BCUT2D eigenvalue weighted by Gasteiger charge is 2.68. The predicted molar refractivity (Wildman–Crippen MR) is 174 cm³/mol. The maximum Gasteiger partial charge on any atom is 0.532 e. The van der Waals surface area contributed by atoms with Crippen molar-refractivity contribution in [1.82, 2.24) is 0 Å². The Balaban J connectivity index is 3.65. The van der Waals surface area contributed by atoms with E-state index in [1.54, 1.807) is 6.55 Å². The van der Waals surface area contributed by atoms with Gasteiger partial charge >= 0.3 is 40.4 Å². The molecule has 0 aliphatic carbocycles. The second kappa shape index (κ2) is 17.0. The van der Waals surface area contributed by atoms with Gasteiger partial charge in [0.15, 0.2) is 8.32 Å². The lowest BCUT2D eigenvalue weighted by Gasteiger charge is -2.49. The number of ether oxygens (including phenoxy) is 1. The van der Waals surface area contributed by atoms with Gasteiger partial charge in [0.1, 0.15) is 0 Å². The summed E-state index contributed by atoms with van der Waals surface area (Å²) < 4.78 is 98.1. The molecule has 1 aliphatic heterocycles. The topological polar surface area (TPSA) is 113 Å². The number of halogens is 3. The average molecular weight is 743 g/mol. The van der Waals surface area contributed by atoms with Gasteiger partial charge in [-0.1, -0.05) is 19.6 Å². The second-order valence-electron chi connectivity index (χ2n) is 11.3. The van der Waals surface area contributed by atoms with E-state index in [4.69, 9.17) is 43.9 Å². The van der Waals surface area contributed by atoms with Crippen molar-refractivity contribution in [3.05, 3.63) is 22.8 Å². The van der Waals surface area contributed by atoms with Crippen LogP contribution in [0.2, 0.25) is 38.3 Å². The number of rotatable bonds is 16. The second-order valence-corrected chi connectivity index (χ2v) is 36.8. The molecular weight excluding hydrogens is 690 g/mol. The van der Waals surface area contributed by atoms with Crippen molar-refractivity contribution in [2.45, 2.75) is 70.1 Å². The normalized spacial score (nSPS) is 29.7. The molecule has 0 aromatic carbocycles. The molecule has 11 nitrogen and oxygen atoms in total. The van der Waals surface area contributed by atoms with E-state index in [-0.39, 0.29) is 6.61 Å². The van der Waals surface area contributed by atoms with Gasteiger partial charge in [0, 0.05) is 65.5 Å². The van der Waals surface area contributed by atoms with Crippen molar-refractivity contribution in [2.75, 3.05) is 62.5 Å². The Morgan fingerprint density at radius 3 is 1.77 bits per heavy atom. The Kier molecular flexibility index (Phi) is 16.3. The lowest BCUT2D eigenvalue weighted by atomic mass is 10.4. The van der Waals surface area contributed by atoms with Crippen molar-refractivity contribution in [2.24, 2.45) is 0 Å². The largest absolute Gasteiger partial charge is 0.532 e. The zero-order valence-corrected chi connectivity index (χ0v) is 33.9. The molecule has 0 aromatic heterocycles. The molecule has 4 atom stereocenters. The molecule has 1 aliphatic rings. The summed E-state index contributed by atoms with van der Waals surface area (Å²) in [6, 6.07) is 1.25. The maximum atomic E-state index is 12.6. The Morgan fingerprint density at radius 2 is 1.30 bits per heavy atom. The van der Waals surface area contributed by atoms with Gasteiger partial charge in [0.25, 0.3) is 7.83 Å². The third-order valence-corrected chi connectivity index (χ3v) is 40.7. The summed E-state index contributed by atoms with van der Waals surface area (Å²) in [5.74, 6) is 0. The van der Waals surface area contributed by atoms with Crippen LogP contribution in [0, 0.1) is 0 Å². The standard InChI is InChI=1S/C24H53F3O11Si6/c1-22(43(29-3,30-4)31-5)40(10)36-18-13-14-20-39(9,21-15-17-35-19-16-24(25,26)27)37-42(12,28)41(11,38-40)23(2)44(32-6,33-7)34-8/h28H,1-2,13-21H2,3-12H3. The Hall–Kier alpha value is 0.131. The van der Waals surface area contributed by atoms with E-state index in [0.717, 1.165) is 6.42 Å². The van der Waals surface area contributed by atoms with Crippen molar-refractivity contribution in [1.29, 1.82) is 0 Å². The summed E-state index contributed by atoms with van der Waals surface area (Å²) in [6.45, 7) is 16.1. The van der Waals surface area contributed by atoms with Gasteiger partial charge in [-0.3, -0.25) is 0 Å². The van der Waals surface area contributed by atoms with Crippen LogP contribution in [-0.4, -0.2) is 124 Å². The highest BCUT2D eigenvalue weighted by molar-refractivity contribution is 7.41. The molecule has 0 radical (unpaired) electrons. The molecule has 1 saturated heterocycles. The molecule has 0 spiro atoms. The molecule has 0 aromatic rings. The Labute approximate surface area is 267 Å². The monoisotopic (exact) mass is 742 g/mol. The molecule has 4 unspecified atom stereocenters. The molecule has 1 heterocycles. The predicted octanol–water partition coefficient (Wildman–Crippen LogP) is 4.58. The molecule has 44 heavy (non-hydrogen) atoms. The van der Waals surface area contributed by atoms with Crippen LogP contribution >= 0.6 is 0 Å². The van der Waals surface area contributed by atoms with Gasteiger partial charge in [-0.2, -0.15) is 13.2 Å². The van der Waals surface area contributed by atoms with Crippen molar-refractivity contribution >= 4 is 50.4 Å². The summed E-state index contributed by atoms with van der Waals surface area (Å²) in [6.07, 6.45) is -3.37. The number of hydrogen-bond acceptors (Lipinski definition) is 11. The maximum absolute atomic E-state index is 12.6. The highest BCUT2D eigenvalue weighted by Crippen LogP contribution is 2.41. The molecule has 20 heteroatoms. The van der Waals surface area contributed by atoms with Gasteiger partial charge in [-0.25, -0.2) is 0 Å². The first-order valence-corrected chi connectivity index (χ1v) is 28.7. The lowest BCUT2D eigenvalue weighted by Crippen LogP contribution is -2.75. The van der Waals surface area contributed by atoms with Crippen LogP contribution in [0.1, 0.15) is 25.7 Å². The van der Waals surface area contributed by atoms with Crippen LogP contribution in [0.3, 0.4) is 0 Å². The summed E-state index contributed by atoms with van der Waals surface area (Å²) >= 11 is 0. The molecule has 0 amide bonds. The summed E-state index contributed by atoms with van der Waals surface area (Å²) in [7, 11) is -12.2. The van der Waals surface area contributed by atoms with E-state index in [2.05, 4.69) is 13.2 Å². The summed E-state index contributed by atoms with van der Waals surface area (Å²) in [5.41, 5.74) is 0. The van der Waals surface area contributed by atoms with Gasteiger partial charge < -0.3 is 48.7 Å². The first kappa shape index (κ1) is 42.2. The molecule has 1 rings (SSSR count). The summed E-state index contributed by atoms with van der Waals surface area (Å²) in [4.78, 5) is 13.4. The first-order chi connectivity index (χ1) is 20.3. The average Bonchev–Trinajstić information content (AvgIpc) is 2.96. The van der Waals surface area contributed by atoms with Gasteiger partial charge in [-0.15, -0.1) is 0 Å². The van der Waals surface area contributed by atoms with Crippen LogP contribution in [0.4, 0.5) is 13.2 Å². The molecule has 260 valence electrons. The SMILES string of the molecule is C=C([Si]1(C)OCCCC[Si](C)(CCCOCCC(F)(F)F)O[Si](C)(O)[Si](C)(C(=C)[Si](OC)(OC)OC)O1)[Si](OC)(OC)OC. The third kappa shape index (κ3) is 10.1. The van der Waals surface area contributed by atoms with Crippen LogP contribution in [0.5, 0.6) is 0 Å². The Bertz CT molecular complexity index is 926. The van der Waals surface area contributed by atoms with Crippen molar-refractivity contribution in [3.63, 3.8) is 0 Å². The minimum atomic E-state index is -4.27. The fourth-order valence-electron chi connectivity index (χ4n) is 5.32. The smallest absolute Gasteiger partial charge is 0.436 e. The Morgan fingerprint density at radius 1 is 0.795 bits per heavy atom. The van der Waals surface area contributed by atoms with Crippen LogP contribution in [0.15, 0.2) is 22.8 Å². The fourth-order valence-corrected chi connectivity index (χ4v) is 41.8. The lowest BCUT2D eigenvalue weighted by molar-refractivity contribution is -0.145. The van der Waals surface area contributed by atoms with E-state index >= 15 is 0 Å². The zero-order chi connectivity index (χ0) is 34.1. The van der Waals surface area contributed by atoms with Crippen molar-refractivity contribution < 1.29 is 61.9 Å². The summed E-state index contributed by atoms with van der Waals surface area (Å²) in [5, 5.41) is 0. The van der Waals surface area contributed by atoms with E-state index in [9.17, 15) is 18.0 Å². The minimum Gasteiger partial charge on any atom is -0.436 e. The van der Waals surface area contributed by atoms with Crippen LogP contribution in [0.25, 0.3) is 0 Å². The zero-order valence-electron chi connectivity index (χ0n) is 27.9. The first-order valence-electron chi connectivity index (χ1n) is 14.4. The van der Waals surface area contributed by atoms with Gasteiger partial charge in [0.2, 0.25) is 0 Å². The highest BCUT2D eigenvalue weighted by atomic mass is 29.3. The molecule has 1 fully saturated rings. The van der Waals surface area contributed by atoms with E-state index < -0.39 is 69.6 Å². The van der Waals surface area contributed by atoms with Crippen molar-refractivity contribution in [3.8, 4) is 0 Å². The quantitative estimate of drug-likeness (QED) is 0.177. The third-order valence-electron chi connectivity index (χ3n) is 8.21. The van der Waals surface area contributed by atoms with Gasteiger partial charge in [0.05, 0.1) is 13.0 Å². The van der Waals surface area contributed by atoms with E-state index in [1.165, 1.54) is 42.7 Å².